The number of carboxylic acid groups (broad SMARTS) is 2. The Bertz CT molecular complexity index is 462. The summed E-state index contributed by atoms with van der Waals surface area (Å²) in [5.74, 6) is -2.10. The minimum atomic E-state index is -1.82. The molecule has 1 aliphatic rings. The van der Waals surface area contributed by atoms with Crippen molar-refractivity contribution in [1.29, 1.82) is 0 Å². The van der Waals surface area contributed by atoms with Gasteiger partial charge >= 0.3 is 11.9 Å². The molecule has 0 amide bonds. The Labute approximate surface area is 120 Å². The molecule has 2 rings (SSSR count). The van der Waals surface area contributed by atoms with E-state index >= 15 is 0 Å². The average molecular weight is 299 g/mol. The number of carboxylic acids is 2. The molecule has 21 heavy (non-hydrogen) atoms. The third kappa shape index (κ3) is 5.67. The van der Waals surface area contributed by atoms with E-state index in [0.29, 0.717) is 13.1 Å². The Morgan fingerprint density at radius 2 is 1.62 bits per heavy atom. The molecule has 1 aliphatic heterocycles. The van der Waals surface area contributed by atoms with E-state index in [0.717, 1.165) is 11.5 Å². The zero-order valence-corrected chi connectivity index (χ0v) is 11.4. The van der Waals surface area contributed by atoms with Gasteiger partial charge in [0.05, 0.1) is 7.11 Å². The molecule has 0 aromatic heterocycles. The predicted molar refractivity (Wildman–Crippen MR) is 71.6 cm³/mol. The lowest BCUT2D eigenvalue weighted by molar-refractivity contribution is -0.159. The van der Waals surface area contributed by atoms with Crippen LogP contribution >= 0.6 is 0 Å². The summed E-state index contributed by atoms with van der Waals surface area (Å²) in [5.41, 5.74) is 0. The van der Waals surface area contributed by atoms with Crippen LogP contribution in [-0.4, -0.2) is 59.7 Å². The number of aliphatic carboxylic acids is 2. The number of β-amino-alcohol motifs (C(OH)–C–C–N with tert-alkyl or cyclic N) is 1. The van der Waals surface area contributed by atoms with Gasteiger partial charge in [0.2, 0.25) is 0 Å². The number of aliphatic hydroxyl groups excluding tert-OH is 1. The van der Waals surface area contributed by atoms with Crippen molar-refractivity contribution in [3.05, 3.63) is 24.3 Å². The van der Waals surface area contributed by atoms with Crippen LogP contribution in [0.15, 0.2) is 24.3 Å². The van der Waals surface area contributed by atoms with Crippen molar-refractivity contribution in [2.75, 3.05) is 20.2 Å². The number of hydrogen-bond donors (Lipinski definition) is 4. The van der Waals surface area contributed by atoms with Gasteiger partial charge in [-0.05, 0) is 24.3 Å². The summed E-state index contributed by atoms with van der Waals surface area (Å²) >= 11 is 0. The highest BCUT2D eigenvalue weighted by Gasteiger charge is 2.26. The number of carbonyl (C=O) groups is 2. The van der Waals surface area contributed by atoms with Crippen LogP contribution in [0.4, 0.5) is 0 Å². The Hall–Kier alpha value is -2.32. The molecule has 2 unspecified atom stereocenters. The van der Waals surface area contributed by atoms with Crippen LogP contribution in [-0.2, 0) is 9.59 Å². The topological polar surface area (TPSA) is 125 Å². The highest BCUT2D eigenvalue weighted by atomic mass is 16.5. The maximum Gasteiger partial charge on any atom is 0.414 e. The summed E-state index contributed by atoms with van der Waals surface area (Å²) < 4.78 is 10.7. The normalized spacial score (nSPS) is 20.1. The van der Waals surface area contributed by atoms with Crippen LogP contribution in [0.5, 0.6) is 11.5 Å². The van der Waals surface area contributed by atoms with Gasteiger partial charge in [-0.3, -0.25) is 0 Å². The maximum absolute atomic E-state index is 9.54. The van der Waals surface area contributed by atoms with E-state index in [2.05, 4.69) is 5.32 Å². The fourth-order valence-electron chi connectivity index (χ4n) is 1.59. The molecule has 1 fully saturated rings. The smallest absolute Gasteiger partial charge is 0.414 e. The van der Waals surface area contributed by atoms with Crippen LogP contribution in [0, 0.1) is 0 Å². The summed E-state index contributed by atoms with van der Waals surface area (Å²) in [4.78, 5) is 18.2. The fraction of sp³-hybridized carbons (Fsp3) is 0.385. The monoisotopic (exact) mass is 299 g/mol. The van der Waals surface area contributed by atoms with Crippen LogP contribution in [0.3, 0.4) is 0 Å². The molecule has 4 N–H and O–H groups in total. The molecule has 1 aromatic rings. The van der Waals surface area contributed by atoms with Gasteiger partial charge in [0.1, 0.15) is 23.7 Å². The predicted octanol–water partition coefficient (Wildman–Crippen LogP) is -0.438. The lowest BCUT2D eigenvalue weighted by atomic mass is 10.2. The maximum atomic E-state index is 9.54. The standard InChI is InChI=1S/C11H15NO3.C2H2O4/c1-14-8-2-4-9(5-3-8)15-11-7-12-6-10(11)13;3-1(4)2(5)6/h2-5,10-13H,6-7H2,1H3;(H,3,4)(H,5,6). The molecule has 0 spiro atoms. The minimum absolute atomic E-state index is 0.154. The van der Waals surface area contributed by atoms with Crippen LogP contribution in [0.25, 0.3) is 0 Å². The average Bonchev–Trinajstić information content (AvgIpc) is 2.86. The van der Waals surface area contributed by atoms with Gasteiger partial charge in [-0.15, -0.1) is 0 Å². The molecule has 1 saturated heterocycles. The van der Waals surface area contributed by atoms with Gasteiger partial charge in [0.25, 0.3) is 0 Å². The van der Waals surface area contributed by atoms with Gasteiger partial charge < -0.3 is 30.1 Å². The molecular weight excluding hydrogens is 282 g/mol. The van der Waals surface area contributed by atoms with E-state index in [4.69, 9.17) is 29.3 Å². The molecule has 1 heterocycles. The Kier molecular flexibility index (Phi) is 6.44. The van der Waals surface area contributed by atoms with Crippen molar-refractivity contribution in [3.8, 4) is 11.5 Å². The van der Waals surface area contributed by atoms with Gasteiger partial charge in [0.15, 0.2) is 0 Å². The Morgan fingerprint density at radius 3 is 2.00 bits per heavy atom. The first kappa shape index (κ1) is 16.7. The van der Waals surface area contributed by atoms with Gasteiger partial charge in [-0.25, -0.2) is 9.59 Å². The number of methoxy groups -OCH3 is 1. The van der Waals surface area contributed by atoms with Crippen molar-refractivity contribution >= 4 is 11.9 Å². The molecule has 116 valence electrons. The van der Waals surface area contributed by atoms with Gasteiger partial charge in [0, 0.05) is 13.1 Å². The Balaban J connectivity index is 0.000000315. The Morgan fingerprint density at radius 1 is 1.10 bits per heavy atom. The zero-order chi connectivity index (χ0) is 15.8. The highest BCUT2D eigenvalue weighted by Crippen LogP contribution is 2.19. The zero-order valence-electron chi connectivity index (χ0n) is 11.4. The quantitative estimate of drug-likeness (QED) is 0.554. The third-order valence-corrected chi connectivity index (χ3v) is 2.66. The number of rotatable bonds is 3. The first-order valence-corrected chi connectivity index (χ1v) is 6.09. The molecule has 0 radical (unpaired) electrons. The fourth-order valence-corrected chi connectivity index (χ4v) is 1.59. The summed E-state index contributed by atoms with van der Waals surface area (Å²) in [6.07, 6.45) is -0.578. The van der Waals surface area contributed by atoms with Crippen molar-refractivity contribution in [1.82, 2.24) is 5.32 Å². The molecule has 8 heteroatoms. The van der Waals surface area contributed by atoms with Gasteiger partial charge in [-0.2, -0.15) is 0 Å². The molecule has 0 bridgehead atoms. The summed E-state index contributed by atoms with van der Waals surface area (Å²) in [5, 5.41) is 27.4. The molecule has 0 aliphatic carbocycles. The number of hydrogen-bond acceptors (Lipinski definition) is 6. The highest BCUT2D eigenvalue weighted by molar-refractivity contribution is 6.27. The second-order valence-electron chi connectivity index (χ2n) is 4.17. The largest absolute Gasteiger partial charge is 0.497 e. The molecule has 0 saturated carbocycles. The number of ether oxygens (including phenoxy) is 2. The summed E-state index contributed by atoms with van der Waals surface area (Å²) in [6.45, 7) is 1.29. The van der Waals surface area contributed by atoms with E-state index < -0.39 is 18.0 Å². The van der Waals surface area contributed by atoms with Gasteiger partial charge in [-0.1, -0.05) is 0 Å². The van der Waals surface area contributed by atoms with Crippen LogP contribution in [0.1, 0.15) is 0 Å². The van der Waals surface area contributed by atoms with Crippen LogP contribution < -0.4 is 14.8 Å². The second-order valence-corrected chi connectivity index (χ2v) is 4.17. The molecule has 2 atom stereocenters. The first-order chi connectivity index (χ1) is 9.93. The minimum Gasteiger partial charge on any atom is -0.497 e. The van der Waals surface area contributed by atoms with Crippen LogP contribution in [0.2, 0.25) is 0 Å². The summed E-state index contributed by atoms with van der Waals surface area (Å²) in [7, 11) is 1.63. The SMILES string of the molecule is COc1ccc(OC2CNCC2O)cc1.O=C(O)C(=O)O. The van der Waals surface area contributed by atoms with E-state index in [1.54, 1.807) is 7.11 Å². The van der Waals surface area contributed by atoms with E-state index in [9.17, 15) is 5.11 Å². The molecule has 1 aromatic carbocycles. The van der Waals surface area contributed by atoms with E-state index in [1.807, 2.05) is 24.3 Å². The molecule has 8 nitrogen and oxygen atoms in total. The number of benzene rings is 1. The third-order valence-electron chi connectivity index (χ3n) is 2.66. The lowest BCUT2D eigenvalue weighted by Crippen LogP contribution is -2.29. The van der Waals surface area contributed by atoms with E-state index in [-0.39, 0.29) is 6.10 Å². The van der Waals surface area contributed by atoms with Crippen molar-refractivity contribution in [3.63, 3.8) is 0 Å². The summed E-state index contributed by atoms with van der Waals surface area (Å²) in [6, 6.07) is 7.35. The second kappa shape index (κ2) is 8.08. The van der Waals surface area contributed by atoms with Crippen molar-refractivity contribution in [2.24, 2.45) is 0 Å². The van der Waals surface area contributed by atoms with Crippen molar-refractivity contribution in [2.45, 2.75) is 12.2 Å². The number of nitrogens with one attached hydrogen (secondary N) is 1. The molecular formula is C13H17NO7. The lowest BCUT2D eigenvalue weighted by Gasteiger charge is -2.16. The first-order valence-electron chi connectivity index (χ1n) is 6.09. The number of aliphatic hydroxyl groups is 1. The van der Waals surface area contributed by atoms with Crippen molar-refractivity contribution < 1.29 is 34.4 Å². The van der Waals surface area contributed by atoms with E-state index in [1.165, 1.54) is 0 Å².